The third-order valence-corrected chi connectivity index (χ3v) is 1.98. The summed E-state index contributed by atoms with van der Waals surface area (Å²) in [5.41, 5.74) is 4.54. The molecule has 1 aromatic rings. The Morgan fingerprint density at radius 2 is 2.07 bits per heavy atom. The van der Waals surface area contributed by atoms with Gasteiger partial charge in [-0.1, -0.05) is 30.3 Å². The number of nitrogens with one attached hydrogen (secondary N) is 2. The van der Waals surface area contributed by atoms with Crippen molar-refractivity contribution >= 4 is 12.0 Å². The van der Waals surface area contributed by atoms with E-state index < -0.39 is 0 Å². The molecule has 1 heterocycles. The van der Waals surface area contributed by atoms with Crippen molar-refractivity contribution in [2.45, 2.75) is 0 Å². The monoisotopic (exact) mass is 200 g/mol. The Labute approximate surface area is 88.2 Å². The quantitative estimate of drug-likeness (QED) is 0.467. The van der Waals surface area contributed by atoms with E-state index in [1.54, 1.807) is 6.20 Å². The second kappa shape index (κ2) is 4.43. The van der Waals surface area contributed by atoms with E-state index in [1.165, 1.54) is 0 Å². The van der Waals surface area contributed by atoms with Gasteiger partial charge < -0.3 is 5.32 Å². The maximum absolute atomic E-state index is 5.25. The van der Waals surface area contributed by atoms with Gasteiger partial charge in [-0.15, -0.1) is 0 Å². The minimum absolute atomic E-state index is 0.541. The van der Waals surface area contributed by atoms with Gasteiger partial charge in [-0.05, 0) is 17.7 Å². The molecule has 1 aromatic carbocycles. The van der Waals surface area contributed by atoms with E-state index in [-0.39, 0.29) is 0 Å². The first kappa shape index (κ1) is 9.48. The van der Waals surface area contributed by atoms with Gasteiger partial charge in [-0.25, -0.2) is 10.8 Å². The zero-order chi connectivity index (χ0) is 10.5. The molecule has 2 rings (SSSR count). The Morgan fingerprint density at radius 1 is 1.27 bits per heavy atom. The maximum Gasteiger partial charge on any atom is 0.214 e. The number of nitrogens with zero attached hydrogens (tertiary/aromatic N) is 1. The molecule has 0 fully saturated rings. The summed E-state index contributed by atoms with van der Waals surface area (Å²) in [6.45, 7) is 0. The average molecular weight is 200 g/mol. The molecule has 0 amide bonds. The van der Waals surface area contributed by atoms with Gasteiger partial charge in [-0.3, -0.25) is 5.43 Å². The minimum atomic E-state index is 0.541. The van der Waals surface area contributed by atoms with Gasteiger partial charge in [0.15, 0.2) is 0 Å². The fraction of sp³-hybridized carbons (Fsp3) is 0. The normalized spacial score (nSPS) is 17.1. The molecule has 1 aliphatic heterocycles. The van der Waals surface area contributed by atoms with Crippen molar-refractivity contribution in [2.75, 3.05) is 0 Å². The van der Waals surface area contributed by atoms with E-state index in [9.17, 15) is 0 Å². The van der Waals surface area contributed by atoms with Crippen LogP contribution in [0.3, 0.4) is 0 Å². The first-order valence-corrected chi connectivity index (χ1v) is 4.63. The standard InChI is InChI=1S/C11H12N4/c12-15-11-13-7-6-10(14-11)8-9-4-2-1-3-5-9/h1-8H,12H2,(H2,13,14,15). The molecule has 0 atom stereocenters. The first-order valence-electron chi connectivity index (χ1n) is 4.63. The lowest BCUT2D eigenvalue weighted by Crippen LogP contribution is -2.41. The smallest absolute Gasteiger partial charge is 0.214 e. The van der Waals surface area contributed by atoms with E-state index in [1.807, 2.05) is 42.5 Å². The maximum atomic E-state index is 5.25. The molecule has 0 unspecified atom stereocenters. The molecule has 76 valence electrons. The van der Waals surface area contributed by atoms with Gasteiger partial charge in [-0.2, -0.15) is 0 Å². The number of hydrazine groups is 1. The van der Waals surface area contributed by atoms with Crippen LogP contribution in [0.2, 0.25) is 0 Å². The van der Waals surface area contributed by atoms with Crippen LogP contribution >= 0.6 is 0 Å². The summed E-state index contributed by atoms with van der Waals surface area (Å²) >= 11 is 0. The highest BCUT2D eigenvalue weighted by molar-refractivity contribution is 5.84. The van der Waals surface area contributed by atoms with Crippen LogP contribution in [0.4, 0.5) is 0 Å². The Bertz CT molecular complexity index is 417. The first-order chi connectivity index (χ1) is 7.38. The van der Waals surface area contributed by atoms with Crippen LogP contribution in [0.1, 0.15) is 5.56 Å². The van der Waals surface area contributed by atoms with Gasteiger partial charge in [0.2, 0.25) is 5.96 Å². The lowest BCUT2D eigenvalue weighted by molar-refractivity contribution is 0.941. The highest BCUT2D eigenvalue weighted by Gasteiger charge is 2.01. The fourth-order valence-corrected chi connectivity index (χ4v) is 1.29. The molecule has 0 radical (unpaired) electrons. The van der Waals surface area contributed by atoms with Gasteiger partial charge in [0.1, 0.15) is 0 Å². The third-order valence-electron chi connectivity index (χ3n) is 1.98. The van der Waals surface area contributed by atoms with Crippen LogP contribution in [-0.2, 0) is 0 Å². The number of guanidine groups is 1. The molecule has 4 N–H and O–H groups in total. The molecule has 15 heavy (non-hydrogen) atoms. The van der Waals surface area contributed by atoms with Crippen molar-refractivity contribution in [3.05, 3.63) is 53.9 Å². The Kier molecular flexibility index (Phi) is 2.80. The Morgan fingerprint density at radius 3 is 2.80 bits per heavy atom. The fourth-order valence-electron chi connectivity index (χ4n) is 1.29. The number of nitrogens with two attached hydrogens (primary N) is 1. The second-order valence-corrected chi connectivity index (χ2v) is 3.07. The van der Waals surface area contributed by atoms with Crippen LogP contribution < -0.4 is 16.6 Å². The van der Waals surface area contributed by atoms with Gasteiger partial charge in [0, 0.05) is 11.9 Å². The summed E-state index contributed by atoms with van der Waals surface area (Å²) in [6.07, 6.45) is 5.59. The number of hydrogen-bond acceptors (Lipinski definition) is 4. The van der Waals surface area contributed by atoms with Crippen LogP contribution in [0.5, 0.6) is 0 Å². The Balaban J connectivity index is 2.17. The molecule has 1 aliphatic rings. The molecule has 4 nitrogen and oxygen atoms in total. The summed E-state index contributed by atoms with van der Waals surface area (Å²) in [5, 5.41) is 3.04. The second-order valence-electron chi connectivity index (χ2n) is 3.07. The number of rotatable bonds is 1. The summed E-state index contributed by atoms with van der Waals surface area (Å²) in [4.78, 5) is 3.99. The van der Waals surface area contributed by atoms with E-state index in [0.717, 1.165) is 11.3 Å². The van der Waals surface area contributed by atoms with Crippen LogP contribution in [0.15, 0.2) is 53.3 Å². The molecular formula is C11H12N4. The summed E-state index contributed by atoms with van der Waals surface area (Å²) in [5.74, 6) is 5.80. The molecular weight excluding hydrogens is 188 g/mol. The molecule has 0 aliphatic carbocycles. The van der Waals surface area contributed by atoms with Crippen molar-refractivity contribution in [2.24, 2.45) is 10.8 Å². The van der Waals surface area contributed by atoms with E-state index in [2.05, 4.69) is 15.7 Å². The molecule has 0 spiro atoms. The number of allylic oxidation sites excluding steroid dienone is 1. The highest BCUT2D eigenvalue weighted by atomic mass is 15.3. The lowest BCUT2D eigenvalue weighted by atomic mass is 10.2. The number of aliphatic imine (C=N–C) groups is 1. The predicted molar refractivity (Wildman–Crippen MR) is 61.5 cm³/mol. The topological polar surface area (TPSA) is 62.4 Å². The van der Waals surface area contributed by atoms with Crippen LogP contribution in [-0.4, -0.2) is 5.96 Å². The van der Waals surface area contributed by atoms with Crippen molar-refractivity contribution in [3.8, 4) is 0 Å². The molecule has 4 heteroatoms. The summed E-state index contributed by atoms with van der Waals surface area (Å²) in [7, 11) is 0. The predicted octanol–water partition coefficient (Wildman–Crippen LogP) is 0.964. The van der Waals surface area contributed by atoms with E-state index in [0.29, 0.717) is 5.96 Å². The Hall–Kier alpha value is -2.07. The lowest BCUT2D eigenvalue weighted by Gasteiger charge is -2.12. The van der Waals surface area contributed by atoms with Crippen molar-refractivity contribution in [3.63, 3.8) is 0 Å². The van der Waals surface area contributed by atoms with Crippen molar-refractivity contribution < 1.29 is 0 Å². The van der Waals surface area contributed by atoms with Gasteiger partial charge in [0.25, 0.3) is 0 Å². The third kappa shape index (κ3) is 2.45. The molecule has 0 aromatic heterocycles. The number of benzene rings is 1. The summed E-state index contributed by atoms with van der Waals surface area (Å²) < 4.78 is 0. The highest BCUT2D eigenvalue weighted by Crippen LogP contribution is 2.07. The SMILES string of the molecule is NNC1=NC=CC(=Cc2ccccc2)N1. The molecule has 0 saturated carbocycles. The molecule has 0 bridgehead atoms. The van der Waals surface area contributed by atoms with Crippen molar-refractivity contribution in [1.29, 1.82) is 0 Å². The van der Waals surface area contributed by atoms with Gasteiger partial charge in [0.05, 0.1) is 0 Å². The average Bonchev–Trinajstić information content (AvgIpc) is 2.31. The van der Waals surface area contributed by atoms with E-state index in [4.69, 9.17) is 5.84 Å². The number of hydrogen-bond donors (Lipinski definition) is 3. The zero-order valence-corrected chi connectivity index (χ0v) is 8.14. The van der Waals surface area contributed by atoms with E-state index >= 15 is 0 Å². The molecule has 0 saturated heterocycles. The van der Waals surface area contributed by atoms with Gasteiger partial charge >= 0.3 is 0 Å². The largest absolute Gasteiger partial charge is 0.325 e. The summed E-state index contributed by atoms with van der Waals surface area (Å²) in [6, 6.07) is 10.0. The minimum Gasteiger partial charge on any atom is -0.325 e. The van der Waals surface area contributed by atoms with Crippen LogP contribution in [0.25, 0.3) is 6.08 Å². The van der Waals surface area contributed by atoms with Crippen LogP contribution in [0, 0.1) is 0 Å². The zero-order valence-electron chi connectivity index (χ0n) is 8.14. The van der Waals surface area contributed by atoms with Crippen molar-refractivity contribution in [1.82, 2.24) is 10.7 Å².